The molecule has 2 aromatic rings. The Labute approximate surface area is 138 Å². The molecule has 0 aromatic heterocycles. The summed E-state index contributed by atoms with van der Waals surface area (Å²) in [5.74, 6) is 0.398. The van der Waals surface area contributed by atoms with E-state index in [1.165, 1.54) is 5.56 Å². The van der Waals surface area contributed by atoms with Crippen molar-refractivity contribution in [2.24, 2.45) is 5.92 Å². The molecular formula is C19H25N3O. The van der Waals surface area contributed by atoms with Gasteiger partial charge in [-0.05, 0) is 37.1 Å². The predicted molar refractivity (Wildman–Crippen MR) is 96.9 cm³/mol. The molecule has 0 bridgehead atoms. The first-order valence-corrected chi connectivity index (χ1v) is 7.97. The van der Waals surface area contributed by atoms with Crippen LogP contribution in [0.25, 0.3) is 0 Å². The Bertz CT molecular complexity index is 608. The van der Waals surface area contributed by atoms with Crippen LogP contribution in [0.4, 0.5) is 16.2 Å². The van der Waals surface area contributed by atoms with E-state index in [2.05, 4.69) is 29.8 Å². The fourth-order valence-corrected chi connectivity index (χ4v) is 2.22. The zero-order valence-corrected chi connectivity index (χ0v) is 14.0. The van der Waals surface area contributed by atoms with Gasteiger partial charge in [-0.2, -0.15) is 0 Å². The van der Waals surface area contributed by atoms with Crippen LogP contribution in [0.15, 0.2) is 54.6 Å². The second-order valence-electron chi connectivity index (χ2n) is 6.06. The minimum absolute atomic E-state index is 0.168. The van der Waals surface area contributed by atoms with Crippen LogP contribution >= 0.6 is 0 Å². The van der Waals surface area contributed by atoms with Crippen molar-refractivity contribution in [1.82, 2.24) is 5.32 Å². The first-order valence-electron chi connectivity index (χ1n) is 7.97. The average Bonchev–Trinajstić information content (AvgIpc) is 2.54. The number of aryl methyl sites for hydroxylation is 1. The maximum atomic E-state index is 12.0. The smallest absolute Gasteiger partial charge is 0.319 e. The maximum absolute atomic E-state index is 12.0. The van der Waals surface area contributed by atoms with Gasteiger partial charge < -0.3 is 16.0 Å². The minimum Gasteiger partial charge on any atom is -0.380 e. The van der Waals surface area contributed by atoms with Crippen LogP contribution in [0.5, 0.6) is 0 Å². The van der Waals surface area contributed by atoms with Crippen molar-refractivity contribution >= 4 is 17.4 Å². The van der Waals surface area contributed by atoms with E-state index in [0.717, 1.165) is 11.4 Å². The van der Waals surface area contributed by atoms with E-state index in [0.29, 0.717) is 12.5 Å². The fourth-order valence-electron chi connectivity index (χ4n) is 2.22. The summed E-state index contributed by atoms with van der Waals surface area (Å²) in [7, 11) is 0. The number of anilines is 2. The molecule has 3 N–H and O–H groups in total. The van der Waals surface area contributed by atoms with Crippen LogP contribution in [-0.4, -0.2) is 18.6 Å². The van der Waals surface area contributed by atoms with Gasteiger partial charge in [0.25, 0.3) is 0 Å². The molecule has 2 aromatic carbocycles. The van der Waals surface area contributed by atoms with Crippen molar-refractivity contribution in [2.75, 3.05) is 17.2 Å². The highest BCUT2D eigenvalue weighted by atomic mass is 16.2. The minimum atomic E-state index is -0.186. The number of rotatable bonds is 6. The Morgan fingerprint density at radius 2 is 1.61 bits per heavy atom. The summed E-state index contributed by atoms with van der Waals surface area (Å²) in [5.41, 5.74) is 3.03. The molecule has 0 saturated carbocycles. The highest BCUT2D eigenvalue weighted by Gasteiger charge is 2.14. The van der Waals surface area contributed by atoms with Crippen LogP contribution in [0.1, 0.15) is 19.4 Å². The molecule has 0 spiro atoms. The molecule has 23 heavy (non-hydrogen) atoms. The third-order valence-corrected chi connectivity index (χ3v) is 3.72. The predicted octanol–water partition coefficient (Wildman–Crippen LogP) is 4.25. The first kappa shape index (κ1) is 16.9. The molecule has 4 nitrogen and oxygen atoms in total. The SMILES string of the molecule is Cc1ccc(NC(=O)NC[C@H](Nc2ccccc2)C(C)C)cc1. The summed E-state index contributed by atoms with van der Waals surface area (Å²) < 4.78 is 0. The van der Waals surface area contributed by atoms with Crippen LogP contribution in [0, 0.1) is 12.8 Å². The number of hydrogen-bond acceptors (Lipinski definition) is 2. The van der Waals surface area contributed by atoms with Crippen molar-refractivity contribution < 1.29 is 4.79 Å². The molecular weight excluding hydrogens is 286 g/mol. The van der Waals surface area contributed by atoms with Gasteiger partial charge in [-0.15, -0.1) is 0 Å². The number of nitrogens with one attached hydrogen (secondary N) is 3. The molecule has 122 valence electrons. The van der Waals surface area contributed by atoms with E-state index in [9.17, 15) is 4.79 Å². The third kappa shape index (κ3) is 5.66. The van der Waals surface area contributed by atoms with E-state index in [1.54, 1.807) is 0 Å². The summed E-state index contributed by atoms with van der Waals surface area (Å²) in [5, 5.41) is 9.25. The third-order valence-electron chi connectivity index (χ3n) is 3.72. The summed E-state index contributed by atoms with van der Waals surface area (Å²) in [6.07, 6.45) is 0. The summed E-state index contributed by atoms with van der Waals surface area (Å²) >= 11 is 0. The average molecular weight is 311 g/mol. The Morgan fingerprint density at radius 1 is 0.957 bits per heavy atom. The number of carbonyl (C=O) groups is 1. The zero-order chi connectivity index (χ0) is 16.7. The van der Waals surface area contributed by atoms with Gasteiger partial charge in [0.1, 0.15) is 0 Å². The molecule has 1 atom stereocenters. The lowest BCUT2D eigenvalue weighted by molar-refractivity contribution is 0.251. The van der Waals surface area contributed by atoms with Gasteiger partial charge in [0, 0.05) is 24.0 Å². The van der Waals surface area contributed by atoms with Gasteiger partial charge in [0.15, 0.2) is 0 Å². The van der Waals surface area contributed by atoms with Gasteiger partial charge in [0.05, 0.1) is 0 Å². The second-order valence-corrected chi connectivity index (χ2v) is 6.06. The number of urea groups is 1. The number of benzene rings is 2. The number of para-hydroxylation sites is 1. The van der Waals surface area contributed by atoms with Gasteiger partial charge in [-0.1, -0.05) is 49.7 Å². The van der Waals surface area contributed by atoms with Gasteiger partial charge in [-0.3, -0.25) is 0 Å². The Kier molecular flexibility index (Phi) is 6.03. The molecule has 0 radical (unpaired) electrons. The van der Waals surface area contributed by atoms with Crippen LogP contribution in [0.2, 0.25) is 0 Å². The largest absolute Gasteiger partial charge is 0.380 e. The monoisotopic (exact) mass is 311 g/mol. The van der Waals surface area contributed by atoms with Crippen LogP contribution in [0.3, 0.4) is 0 Å². The molecule has 0 saturated heterocycles. The highest BCUT2D eigenvalue weighted by molar-refractivity contribution is 5.89. The normalized spacial score (nSPS) is 11.8. The summed E-state index contributed by atoms with van der Waals surface area (Å²) in [6.45, 7) is 6.86. The van der Waals surface area contributed by atoms with Crippen LogP contribution in [-0.2, 0) is 0 Å². The van der Waals surface area contributed by atoms with Crippen molar-refractivity contribution in [3.8, 4) is 0 Å². The lowest BCUT2D eigenvalue weighted by Gasteiger charge is -2.24. The van der Waals surface area contributed by atoms with E-state index in [4.69, 9.17) is 0 Å². The van der Waals surface area contributed by atoms with E-state index >= 15 is 0 Å². The van der Waals surface area contributed by atoms with Crippen molar-refractivity contribution in [3.63, 3.8) is 0 Å². The summed E-state index contributed by atoms with van der Waals surface area (Å²) in [6, 6.07) is 17.8. The first-order chi connectivity index (χ1) is 11.0. The lowest BCUT2D eigenvalue weighted by atomic mass is 10.0. The van der Waals surface area contributed by atoms with E-state index < -0.39 is 0 Å². The van der Waals surface area contributed by atoms with Crippen molar-refractivity contribution in [3.05, 3.63) is 60.2 Å². The van der Waals surface area contributed by atoms with Gasteiger partial charge >= 0.3 is 6.03 Å². The standard InChI is InChI=1S/C19H25N3O/c1-14(2)18(21-16-7-5-4-6-8-16)13-20-19(23)22-17-11-9-15(3)10-12-17/h4-12,14,18,21H,13H2,1-3H3,(H2,20,22,23)/t18-/m0/s1. The van der Waals surface area contributed by atoms with Crippen LogP contribution < -0.4 is 16.0 Å². The Balaban J connectivity index is 1.85. The van der Waals surface area contributed by atoms with E-state index in [-0.39, 0.29) is 12.1 Å². The molecule has 0 fully saturated rings. The number of amides is 2. The number of hydrogen-bond donors (Lipinski definition) is 3. The van der Waals surface area contributed by atoms with Gasteiger partial charge in [-0.25, -0.2) is 4.79 Å². The zero-order valence-electron chi connectivity index (χ0n) is 14.0. The topological polar surface area (TPSA) is 53.2 Å². The fraction of sp³-hybridized carbons (Fsp3) is 0.316. The maximum Gasteiger partial charge on any atom is 0.319 e. The molecule has 0 unspecified atom stereocenters. The Hall–Kier alpha value is -2.49. The van der Waals surface area contributed by atoms with Crippen molar-refractivity contribution in [1.29, 1.82) is 0 Å². The van der Waals surface area contributed by atoms with Crippen molar-refractivity contribution in [2.45, 2.75) is 26.8 Å². The number of carbonyl (C=O) groups excluding carboxylic acids is 1. The summed E-state index contributed by atoms with van der Waals surface area (Å²) in [4.78, 5) is 12.0. The molecule has 0 heterocycles. The second kappa shape index (κ2) is 8.22. The molecule has 0 aliphatic heterocycles. The highest BCUT2D eigenvalue weighted by Crippen LogP contribution is 2.12. The molecule has 0 aliphatic rings. The van der Waals surface area contributed by atoms with Gasteiger partial charge in [0.2, 0.25) is 0 Å². The Morgan fingerprint density at radius 3 is 2.22 bits per heavy atom. The van der Waals surface area contributed by atoms with E-state index in [1.807, 2.05) is 61.5 Å². The molecule has 0 aliphatic carbocycles. The molecule has 2 amide bonds. The lowest BCUT2D eigenvalue weighted by Crippen LogP contribution is -2.41. The molecule has 4 heteroatoms. The molecule has 2 rings (SSSR count). The quantitative estimate of drug-likeness (QED) is 0.747.